The molecule has 8 aromatic rings. The molecule has 0 aliphatic carbocycles. The number of hydrogen-bond acceptors (Lipinski definition) is 16. The Kier molecular flexibility index (Phi) is 18.1. The summed E-state index contributed by atoms with van der Waals surface area (Å²) in [6.07, 6.45) is 0.443. The van der Waals surface area contributed by atoms with E-state index in [0.717, 1.165) is 49.1 Å². The molecule has 0 aliphatic heterocycles. The summed E-state index contributed by atoms with van der Waals surface area (Å²) < 4.78 is 53.9. The maximum Gasteiger partial charge on any atom is 2.00 e. The van der Waals surface area contributed by atoms with Crippen molar-refractivity contribution < 1.29 is 77.0 Å². The summed E-state index contributed by atoms with van der Waals surface area (Å²) in [6, 6.07) is 26.1. The van der Waals surface area contributed by atoms with Crippen LogP contribution in [0.25, 0.3) is 44.5 Å². The van der Waals surface area contributed by atoms with Gasteiger partial charge in [-0.25, -0.2) is 37.5 Å². The third kappa shape index (κ3) is 14.2. The first kappa shape index (κ1) is 56.3. The maximum absolute atomic E-state index is 13.5. The van der Waals surface area contributed by atoms with Gasteiger partial charge in [0.1, 0.15) is 58.6 Å². The van der Waals surface area contributed by atoms with Crippen LogP contribution in [-0.2, 0) is 9.59 Å². The first-order valence-electron chi connectivity index (χ1n) is 21.7. The molecule has 0 atom stereocenters. The van der Waals surface area contributed by atoms with Gasteiger partial charge >= 0.3 is 23.1 Å². The van der Waals surface area contributed by atoms with Gasteiger partial charge in [0.2, 0.25) is 0 Å². The first-order valence-corrected chi connectivity index (χ1v) is 21.7. The average molecular weight is 1060 g/mol. The van der Waals surface area contributed by atoms with Crippen molar-refractivity contribution in [3.05, 3.63) is 192 Å². The zero-order valence-electron chi connectivity index (χ0n) is 39.1. The van der Waals surface area contributed by atoms with Crippen LogP contribution in [0.4, 0.5) is 17.6 Å². The summed E-state index contributed by atoms with van der Waals surface area (Å²) >= 11 is 0. The number of halogens is 4. The number of amides is 4. The number of aromatic nitrogens is 4. The largest absolute Gasteiger partial charge is 2.00 e. The van der Waals surface area contributed by atoms with Crippen LogP contribution in [0.3, 0.4) is 0 Å². The number of carbonyl (C=O) groups excluding carboxylic acids is 6. The summed E-state index contributed by atoms with van der Waals surface area (Å²) in [5.41, 5.74) is 0.307. The summed E-state index contributed by atoms with van der Waals surface area (Å²) in [5, 5.41) is 71.9. The summed E-state index contributed by atoms with van der Waals surface area (Å²) in [7, 11) is 0. The number of benzene rings is 4. The fraction of sp³-hybridized carbons (Fsp3) is 0.0385. The summed E-state index contributed by atoms with van der Waals surface area (Å²) in [6.45, 7) is 0. The Labute approximate surface area is 447 Å². The summed E-state index contributed by atoms with van der Waals surface area (Å²) in [5.74, 6) is -13.2. The minimum absolute atomic E-state index is 0. The molecule has 0 unspecified atom stereocenters. The van der Waals surface area contributed by atoms with Crippen LogP contribution in [0.1, 0.15) is 42.0 Å². The van der Waals surface area contributed by atoms with Gasteiger partial charge in [-0.05, 0) is 95.1 Å². The monoisotopic (exact) mass is 1060 g/mol. The van der Waals surface area contributed by atoms with Gasteiger partial charge in [-0.2, -0.15) is 0 Å². The van der Waals surface area contributed by atoms with E-state index in [1.54, 1.807) is 24.3 Å². The zero-order chi connectivity index (χ0) is 54.8. The second-order valence-corrected chi connectivity index (χ2v) is 15.8. The van der Waals surface area contributed by atoms with E-state index < -0.39 is 117 Å². The van der Waals surface area contributed by atoms with Gasteiger partial charge in [0.25, 0.3) is 23.6 Å². The van der Waals surface area contributed by atoms with Crippen LogP contribution in [0.15, 0.2) is 146 Å². The van der Waals surface area contributed by atoms with Crippen LogP contribution < -0.4 is 31.5 Å². The Morgan fingerprint density at radius 1 is 0.364 bits per heavy atom. The predicted molar refractivity (Wildman–Crippen MR) is 258 cm³/mol. The van der Waals surface area contributed by atoms with Gasteiger partial charge in [-0.1, -0.05) is 48.5 Å². The zero-order valence-corrected chi connectivity index (χ0v) is 40.5. The van der Waals surface area contributed by atoms with E-state index in [1.807, 2.05) is 21.3 Å². The number of nitrogens with zero attached hydrogens (tertiary/aromatic N) is 4. The number of hydrogen-bond donors (Lipinski definition) is 8. The number of carboxylic acids is 2. The molecule has 0 fully saturated rings. The molecule has 384 valence electrons. The Hall–Kier alpha value is -10.0. The van der Waals surface area contributed by atoms with E-state index in [4.69, 9.17) is 0 Å². The van der Waals surface area contributed by atoms with E-state index in [9.17, 15) is 77.0 Å². The molecule has 0 saturated carbocycles. The van der Waals surface area contributed by atoms with Gasteiger partial charge in [0, 0.05) is 47.0 Å². The number of aliphatic carboxylic acids is 2. The second-order valence-electron chi connectivity index (χ2n) is 15.8. The maximum atomic E-state index is 13.5. The van der Waals surface area contributed by atoms with Crippen LogP contribution >= 0.6 is 0 Å². The fourth-order valence-corrected chi connectivity index (χ4v) is 6.92. The number of rotatable bonds is 14. The molecular formula is C52H34F4MgN8O12. The van der Waals surface area contributed by atoms with Crippen molar-refractivity contribution in [2.75, 3.05) is 0 Å². The summed E-state index contributed by atoms with van der Waals surface area (Å²) in [4.78, 5) is 88.6. The molecule has 8 N–H and O–H groups in total. The Morgan fingerprint density at radius 2 is 0.571 bits per heavy atom. The van der Waals surface area contributed by atoms with Gasteiger partial charge in [-0.15, -0.1) is 0 Å². The average Bonchev–Trinajstić information content (AvgIpc) is 3.38. The molecule has 0 spiro atoms. The number of aromatic hydroxyl groups is 4. The molecule has 0 radical (unpaired) electrons. The van der Waals surface area contributed by atoms with Crippen LogP contribution in [-0.4, -0.2) is 111 Å². The SMILES string of the molecule is O=C(NC(NC(=O)c1ncc(-c2cccc(F)c2)cc1O)C(=O)[O-])c1ncc(-c2cccc(F)c2)cc1O.O=C(NC(NC(=O)c1ncc(-c2cccc(F)c2)cc1O)C(=O)[O-])c1ncc(-c2cccc(F)c2)cc1O.[Mg+2]. The quantitative estimate of drug-likeness (QED) is 0.0441. The number of carbonyl (C=O) groups is 6. The van der Waals surface area contributed by atoms with Gasteiger partial charge in [-0.3, -0.25) is 19.2 Å². The van der Waals surface area contributed by atoms with E-state index >= 15 is 0 Å². The van der Waals surface area contributed by atoms with E-state index in [2.05, 4.69) is 19.9 Å². The standard InChI is InChI=1S/2C26H18F2N4O6.Mg/c2*27-17-5-1-3-13(7-17)15-9-19(33)21(29-11-15)24(35)31-23(26(37)38)32-25(36)22-20(34)10-16(12-30-22)14-4-2-6-18(28)8-14;/h2*1-12,23,33-34H,(H,31,35)(H,32,36)(H,37,38);/q;;+2/p-2. The third-order valence-corrected chi connectivity index (χ3v) is 10.5. The van der Waals surface area contributed by atoms with Gasteiger partial charge in [0.05, 0.1) is 11.9 Å². The van der Waals surface area contributed by atoms with Crippen molar-refractivity contribution in [1.82, 2.24) is 41.2 Å². The Bertz CT molecular complexity index is 3150. The van der Waals surface area contributed by atoms with Crippen molar-refractivity contribution in [3.8, 4) is 67.5 Å². The molecule has 0 saturated heterocycles. The van der Waals surface area contributed by atoms with Crippen molar-refractivity contribution >= 4 is 58.6 Å². The number of pyridine rings is 4. The predicted octanol–water partition coefficient (Wildman–Crippen LogP) is 3.09. The van der Waals surface area contributed by atoms with Crippen molar-refractivity contribution in [2.24, 2.45) is 0 Å². The van der Waals surface area contributed by atoms with Crippen LogP contribution in [0, 0.1) is 23.3 Å². The molecule has 4 heterocycles. The van der Waals surface area contributed by atoms with Crippen molar-refractivity contribution in [2.45, 2.75) is 12.3 Å². The molecule has 8 rings (SSSR count). The molecule has 4 aromatic heterocycles. The van der Waals surface area contributed by atoms with Crippen molar-refractivity contribution in [3.63, 3.8) is 0 Å². The van der Waals surface area contributed by atoms with Gasteiger partial charge < -0.3 is 61.5 Å². The molecule has 4 aromatic carbocycles. The Balaban J connectivity index is 0.000000246. The molecule has 4 amide bonds. The van der Waals surface area contributed by atoms with Gasteiger partial charge in [0.15, 0.2) is 22.8 Å². The molecular weight excluding hydrogens is 1030 g/mol. The number of carboxylic acid groups (broad SMARTS) is 2. The minimum Gasteiger partial charge on any atom is -0.546 e. The third-order valence-electron chi connectivity index (χ3n) is 10.5. The second kappa shape index (κ2) is 24.8. The smallest absolute Gasteiger partial charge is 0.546 e. The molecule has 20 nitrogen and oxygen atoms in total. The van der Waals surface area contributed by atoms with E-state index in [1.165, 1.54) is 72.8 Å². The topological polar surface area (TPSA) is 329 Å². The number of nitrogens with one attached hydrogen (secondary N) is 4. The van der Waals surface area contributed by atoms with Crippen molar-refractivity contribution in [1.29, 1.82) is 0 Å². The molecule has 0 bridgehead atoms. The minimum atomic E-state index is -2.11. The molecule has 77 heavy (non-hydrogen) atoms. The van der Waals surface area contributed by atoms with Crippen LogP contribution in [0.5, 0.6) is 23.0 Å². The van der Waals surface area contributed by atoms with Crippen LogP contribution in [0.2, 0.25) is 0 Å². The fourth-order valence-electron chi connectivity index (χ4n) is 6.92. The van der Waals surface area contributed by atoms with E-state index in [-0.39, 0.29) is 45.3 Å². The molecule has 0 aliphatic rings. The first-order chi connectivity index (χ1) is 36.2. The molecule has 25 heteroatoms. The van der Waals surface area contributed by atoms with E-state index in [0.29, 0.717) is 22.3 Å². The Morgan fingerprint density at radius 3 is 0.740 bits per heavy atom. The normalized spacial score (nSPS) is 10.6.